The molecule has 0 fully saturated rings. The van der Waals surface area contributed by atoms with Crippen molar-refractivity contribution in [3.8, 4) is 6.07 Å². The van der Waals surface area contributed by atoms with Crippen LogP contribution in [0.1, 0.15) is 21.7 Å². The van der Waals surface area contributed by atoms with Crippen molar-refractivity contribution in [2.75, 3.05) is 7.05 Å². The first-order chi connectivity index (χ1) is 10.7. The number of hydrogen-bond donors (Lipinski definition) is 0. The molecule has 1 heterocycles. The fourth-order valence-corrected chi connectivity index (χ4v) is 2.36. The van der Waals surface area contributed by atoms with Gasteiger partial charge in [0.05, 0.1) is 11.6 Å². The van der Waals surface area contributed by atoms with Crippen LogP contribution in [0.4, 0.5) is 0 Å². The summed E-state index contributed by atoms with van der Waals surface area (Å²) in [5, 5.41) is 9.83. The molecule has 22 heavy (non-hydrogen) atoms. The minimum absolute atomic E-state index is 0.182. The highest BCUT2D eigenvalue weighted by atomic mass is 16.3. The third kappa shape index (κ3) is 2.70. The maximum Gasteiger partial charge on any atom is 0.289 e. The number of fused-ring (bicyclic) bond motifs is 1. The average Bonchev–Trinajstić information content (AvgIpc) is 2.98. The number of carbonyl (C=O) groups is 1. The summed E-state index contributed by atoms with van der Waals surface area (Å²) < 4.78 is 5.59. The zero-order chi connectivity index (χ0) is 15.5. The molecule has 0 aliphatic carbocycles. The van der Waals surface area contributed by atoms with Crippen LogP contribution in [0.15, 0.2) is 59.0 Å². The molecule has 3 rings (SSSR count). The summed E-state index contributed by atoms with van der Waals surface area (Å²) in [7, 11) is 1.72. The zero-order valence-corrected chi connectivity index (χ0v) is 12.1. The van der Waals surface area contributed by atoms with Gasteiger partial charge in [-0.2, -0.15) is 5.26 Å². The molecule has 108 valence electrons. The van der Waals surface area contributed by atoms with E-state index in [1.54, 1.807) is 30.1 Å². The lowest BCUT2D eigenvalue weighted by Crippen LogP contribution is -2.25. The molecular formula is C18H14N2O2. The van der Waals surface area contributed by atoms with Crippen molar-refractivity contribution in [2.24, 2.45) is 0 Å². The van der Waals surface area contributed by atoms with E-state index in [0.29, 0.717) is 23.5 Å². The van der Waals surface area contributed by atoms with Gasteiger partial charge < -0.3 is 9.32 Å². The molecule has 0 atom stereocenters. The summed E-state index contributed by atoms with van der Waals surface area (Å²) in [6.45, 7) is 0.422. The second-order valence-corrected chi connectivity index (χ2v) is 5.12. The molecule has 0 N–H and O–H groups in total. The van der Waals surface area contributed by atoms with Crippen molar-refractivity contribution >= 4 is 16.9 Å². The third-order valence-electron chi connectivity index (χ3n) is 3.46. The zero-order valence-electron chi connectivity index (χ0n) is 12.1. The van der Waals surface area contributed by atoms with Crippen LogP contribution in [0, 0.1) is 11.3 Å². The highest BCUT2D eigenvalue weighted by Crippen LogP contribution is 2.20. The minimum Gasteiger partial charge on any atom is -0.451 e. The number of furan rings is 1. The lowest BCUT2D eigenvalue weighted by molar-refractivity contribution is 0.0756. The van der Waals surface area contributed by atoms with E-state index in [9.17, 15) is 4.79 Å². The molecule has 3 aromatic rings. The second-order valence-electron chi connectivity index (χ2n) is 5.12. The van der Waals surface area contributed by atoms with Crippen LogP contribution in [0.5, 0.6) is 0 Å². The lowest BCUT2D eigenvalue weighted by atomic mass is 10.1. The van der Waals surface area contributed by atoms with Gasteiger partial charge in [-0.25, -0.2) is 0 Å². The molecule has 1 amide bonds. The Morgan fingerprint density at radius 3 is 2.77 bits per heavy atom. The van der Waals surface area contributed by atoms with E-state index in [0.717, 1.165) is 10.9 Å². The first-order valence-corrected chi connectivity index (χ1v) is 6.90. The van der Waals surface area contributed by atoms with Gasteiger partial charge in [-0.1, -0.05) is 30.3 Å². The fourth-order valence-electron chi connectivity index (χ4n) is 2.36. The van der Waals surface area contributed by atoms with Gasteiger partial charge in [-0.15, -0.1) is 0 Å². The van der Waals surface area contributed by atoms with Crippen molar-refractivity contribution in [1.82, 2.24) is 4.90 Å². The Bertz CT molecular complexity index is 841. The first kappa shape index (κ1) is 13.9. The summed E-state index contributed by atoms with van der Waals surface area (Å²) in [4.78, 5) is 14.0. The van der Waals surface area contributed by atoms with E-state index < -0.39 is 0 Å². The number of carbonyl (C=O) groups excluding carboxylic acids is 1. The van der Waals surface area contributed by atoms with Gasteiger partial charge in [-0.3, -0.25) is 4.79 Å². The lowest BCUT2D eigenvalue weighted by Gasteiger charge is -2.15. The van der Waals surface area contributed by atoms with Crippen molar-refractivity contribution in [2.45, 2.75) is 6.54 Å². The molecule has 4 nitrogen and oxygen atoms in total. The van der Waals surface area contributed by atoms with Crippen LogP contribution in [0.3, 0.4) is 0 Å². The standard InChI is InChI=1S/C18H14N2O2/c1-20(12-14-6-4-5-13(9-14)11-19)18(21)17-10-15-7-2-3-8-16(15)22-17/h2-10H,12H2,1H3. The molecule has 4 heteroatoms. The number of rotatable bonds is 3. The fraction of sp³-hybridized carbons (Fsp3) is 0.111. The molecule has 0 radical (unpaired) electrons. The van der Waals surface area contributed by atoms with E-state index >= 15 is 0 Å². The predicted octanol–water partition coefficient (Wildman–Crippen LogP) is 3.58. The number of nitriles is 1. The van der Waals surface area contributed by atoms with Gasteiger partial charge in [-0.05, 0) is 29.8 Å². The number of para-hydroxylation sites is 1. The van der Waals surface area contributed by atoms with Gasteiger partial charge in [0, 0.05) is 19.0 Å². The summed E-state index contributed by atoms with van der Waals surface area (Å²) in [6, 6.07) is 18.6. The highest BCUT2D eigenvalue weighted by Gasteiger charge is 2.17. The Balaban J connectivity index is 1.80. The van der Waals surface area contributed by atoms with Crippen LogP contribution < -0.4 is 0 Å². The SMILES string of the molecule is CN(Cc1cccc(C#N)c1)C(=O)c1cc2ccccc2o1. The van der Waals surface area contributed by atoms with Crippen molar-refractivity contribution in [1.29, 1.82) is 5.26 Å². The van der Waals surface area contributed by atoms with Crippen LogP contribution in [-0.2, 0) is 6.54 Å². The number of nitrogens with zero attached hydrogens (tertiary/aromatic N) is 2. The van der Waals surface area contributed by atoms with E-state index in [2.05, 4.69) is 6.07 Å². The summed E-state index contributed by atoms with van der Waals surface area (Å²) in [6.07, 6.45) is 0. The Morgan fingerprint density at radius 1 is 1.18 bits per heavy atom. The molecule has 0 aliphatic heterocycles. The maximum absolute atomic E-state index is 12.4. The largest absolute Gasteiger partial charge is 0.451 e. The molecule has 0 saturated heterocycles. The third-order valence-corrected chi connectivity index (χ3v) is 3.46. The molecular weight excluding hydrogens is 276 g/mol. The van der Waals surface area contributed by atoms with E-state index in [1.165, 1.54) is 0 Å². The van der Waals surface area contributed by atoms with Gasteiger partial charge >= 0.3 is 0 Å². The Hall–Kier alpha value is -3.06. The van der Waals surface area contributed by atoms with Gasteiger partial charge in [0.25, 0.3) is 5.91 Å². The Morgan fingerprint density at radius 2 is 2.00 bits per heavy atom. The van der Waals surface area contributed by atoms with Crippen LogP contribution >= 0.6 is 0 Å². The number of benzene rings is 2. The van der Waals surface area contributed by atoms with Gasteiger partial charge in [0.15, 0.2) is 5.76 Å². The molecule has 0 aliphatic rings. The van der Waals surface area contributed by atoms with Crippen molar-refractivity contribution in [3.05, 3.63) is 71.5 Å². The Labute approximate surface area is 128 Å². The van der Waals surface area contributed by atoms with E-state index in [-0.39, 0.29) is 5.91 Å². The maximum atomic E-state index is 12.4. The second kappa shape index (κ2) is 5.74. The molecule has 0 unspecified atom stereocenters. The van der Waals surface area contributed by atoms with E-state index in [1.807, 2.05) is 36.4 Å². The van der Waals surface area contributed by atoms with Crippen LogP contribution in [0.2, 0.25) is 0 Å². The van der Waals surface area contributed by atoms with Gasteiger partial charge in [0.1, 0.15) is 5.58 Å². The van der Waals surface area contributed by atoms with Crippen LogP contribution in [0.25, 0.3) is 11.0 Å². The van der Waals surface area contributed by atoms with Crippen LogP contribution in [-0.4, -0.2) is 17.9 Å². The van der Waals surface area contributed by atoms with Gasteiger partial charge in [0.2, 0.25) is 0 Å². The van der Waals surface area contributed by atoms with Crippen molar-refractivity contribution < 1.29 is 9.21 Å². The summed E-state index contributed by atoms with van der Waals surface area (Å²) in [5.74, 6) is 0.138. The summed E-state index contributed by atoms with van der Waals surface area (Å²) in [5.41, 5.74) is 2.19. The quantitative estimate of drug-likeness (QED) is 0.741. The monoisotopic (exact) mass is 290 g/mol. The Kier molecular flexibility index (Phi) is 3.63. The highest BCUT2D eigenvalue weighted by molar-refractivity contribution is 5.95. The van der Waals surface area contributed by atoms with Crippen molar-refractivity contribution in [3.63, 3.8) is 0 Å². The topological polar surface area (TPSA) is 57.2 Å². The molecule has 1 aromatic heterocycles. The van der Waals surface area contributed by atoms with E-state index in [4.69, 9.17) is 9.68 Å². The normalized spacial score (nSPS) is 10.4. The molecule has 0 bridgehead atoms. The predicted molar refractivity (Wildman–Crippen MR) is 83.2 cm³/mol. The first-order valence-electron chi connectivity index (χ1n) is 6.90. The minimum atomic E-state index is -0.182. The summed E-state index contributed by atoms with van der Waals surface area (Å²) >= 11 is 0. The number of hydrogen-bond acceptors (Lipinski definition) is 3. The molecule has 2 aromatic carbocycles. The molecule has 0 saturated carbocycles. The number of amides is 1. The molecule has 0 spiro atoms. The smallest absolute Gasteiger partial charge is 0.289 e. The average molecular weight is 290 g/mol.